The molecular formula is C65H75N9O12. The smallest absolute Gasteiger partial charge is 0.437 e. The molecule has 0 spiro atoms. The van der Waals surface area contributed by atoms with Crippen LogP contribution >= 0.6 is 0 Å². The van der Waals surface area contributed by atoms with Gasteiger partial charge in [0, 0.05) is 25.9 Å². The zero-order valence-electron chi connectivity index (χ0n) is 48.5. The van der Waals surface area contributed by atoms with Gasteiger partial charge in [-0.3, -0.25) is 24.5 Å². The number of carbonyl (C=O) groups excluding carboxylic acids is 8. The number of hydrogen-bond donors (Lipinski definition) is 8. The van der Waals surface area contributed by atoms with E-state index in [4.69, 9.17) is 24.7 Å². The first-order chi connectivity index (χ1) is 41.6. The lowest BCUT2D eigenvalue weighted by atomic mass is 9.94. The Morgan fingerprint density at radius 1 is 0.430 bits per heavy atom. The van der Waals surface area contributed by atoms with Crippen molar-refractivity contribution in [2.45, 2.75) is 116 Å². The third kappa shape index (κ3) is 23.7. The van der Waals surface area contributed by atoms with Gasteiger partial charge in [-0.05, 0) is 97.4 Å². The van der Waals surface area contributed by atoms with Gasteiger partial charge in [0.15, 0.2) is 0 Å². The molecule has 9 N–H and O–H groups in total. The Morgan fingerprint density at radius 2 is 0.837 bits per heavy atom. The Hall–Kier alpha value is -10.1. The number of nitrogens with one attached hydrogen (secondary N) is 7. The predicted octanol–water partition coefficient (Wildman–Crippen LogP) is 7.72. The molecule has 0 aliphatic heterocycles. The molecule has 0 bridgehead atoms. The zero-order valence-corrected chi connectivity index (χ0v) is 48.5. The van der Waals surface area contributed by atoms with Crippen molar-refractivity contribution < 1.29 is 57.3 Å². The second-order valence-corrected chi connectivity index (χ2v) is 20.4. The lowest BCUT2D eigenvalue weighted by Crippen LogP contribution is -2.59. The number of benzene rings is 6. The van der Waals surface area contributed by atoms with E-state index in [0.29, 0.717) is 35.1 Å². The van der Waals surface area contributed by atoms with Crippen LogP contribution in [0.4, 0.5) is 19.2 Å². The van der Waals surface area contributed by atoms with Crippen molar-refractivity contribution in [1.82, 2.24) is 37.2 Å². The maximum Gasteiger partial charge on any atom is 0.437 e. The summed E-state index contributed by atoms with van der Waals surface area (Å²) in [6.07, 6.45) is -2.81. The van der Waals surface area contributed by atoms with Crippen LogP contribution in [-0.4, -0.2) is 91.2 Å². The van der Waals surface area contributed by atoms with Crippen LogP contribution in [0.15, 0.2) is 169 Å². The number of ether oxygens (including phenoxy) is 4. The van der Waals surface area contributed by atoms with Crippen LogP contribution in [-0.2, 0) is 77.4 Å². The minimum Gasteiger partial charge on any atom is -0.445 e. The van der Waals surface area contributed by atoms with Gasteiger partial charge in [0.2, 0.25) is 29.6 Å². The van der Waals surface area contributed by atoms with Crippen LogP contribution < -0.4 is 43.0 Å². The highest BCUT2D eigenvalue weighted by Gasteiger charge is 2.32. The van der Waals surface area contributed by atoms with E-state index in [1.54, 1.807) is 103 Å². The number of hydrogen-bond acceptors (Lipinski definition) is 12. The van der Waals surface area contributed by atoms with Gasteiger partial charge in [-0.15, -0.1) is 4.99 Å². The number of aliphatic imine (C=N–C) groups is 1. The summed E-state index contributed by atoms with van der Waals surface area (Å²) in [4.78, 5) is 113. The molecule has 6 aromatic rings. The molecule has 0 unspecified atom stereocenters. The number of nitrogens with two attached hydrogens (primary N) is 1. The molecule has 21 nitrogen and oxygen atoms in total. The largest absolute Gasteiger partial charge is 0.445 e. The lowest BCUT2D eigenvalue weighted by molar-refractivity contribution is -0.133. The summed E-state index contributed by atoms with van der Waals surface area (Å²) >= 11 is 0. The molecule has 0 saturated heterocycles. The molecule has 0 fully saturated rings. The number of aryl methyl sites for hydroxylation is 3. The quantitative estimate of drug-likeness (QED) is 0.00967. The first-order valence-corrected chi connectivity index (χ1v) is 28.3. The fourth-order valence-corrected chi connectivity index (χ4v) is 9.04. The molecule has 6 aromatic carbocycles. The van der Waals surface area contributed by atoms with Gasteiger partial charge in [-0.25, -0.2) is 19.2 Å². The number of rotatable bonds is 29. The Bertz CT molecular complexity index is 3170. The molecule has 0 heterocycles. The number of alkyl carbamates (subject to hydrolysis) is 3. The van der Waals surface area contributed by atoms with Gasteiger partial charge in [0.05, 0.1) is 0 Å². The summed E-state index contributed by atoms with van der Waals surface area (Å²) in [6.45, 7) is 5.65. The molecule has 0 aliphatic rings. The number of primary amides is 1. The molecule has 6 rings (SSSR count). The van der Waals surface area contributed by atoms with E-state index >= 15 is 0 Å². The first-order valence-electron chi connectivity index (χ1n) is 28.3. The average molecular weight is 1170 g/mol. The van der Waals surface area contributed by atoms with Crippen LogP contribution in [0.1, 0.15) is 82.2 Å². The number of amides is 8. The topological polar surface area (TPSA) is 296 Å². The summed E-state index contributed by atoms with van der Waals surface area (Å²) in [5, 5.41) is 19.1. The number of unbranched alkanes of at least 4 members (excludes halogenated alkanes) is 1. The highest BCUT2D eigenvalue weighted by atomic mass is 16.6. The van der Waals surface area contributed by atoms with Gasteiger partial charge in [-0.2, -0.15) is 0 Å². The van der Waals surface area contributed by atoms with Gasteiger partial charge in [0.25, 0.3) is 0 Å². The minimum atomic E-state index is -1.42. The summed E-state index contributed by atoms with van der Waals surface area (Å²) in [7, 11) is 0. The van der Waals surface area contributed by atoms with Crippen molar-refractivity contribution in [1.29, 1.82) is 0 Å². The molecule has 86 heavy (non-hydrogen) atoms. The average Bonchev–Trinajstić information content (AvgIpc) is 3.41. The van der Waals surface area contributed by atoms with Gasteiger partial charge >= 0.3 is 24.4 Å². The minimum absolute atomic E-state index is 0.00565. The number of carbonyl (C=O) groups is 8. The van der Waals surface area contributed by atoms with Gasteiger partial charge in [-0.1, -0.05) is 169 Å². The van der Waals surface area contributed by atoms with E-state index in [2.05, 4.69) is 42.2 Å². The van der Waals surface area contributed by atoms with E-state index in [-0.39, 0.29) is 77.6 Å². The van der Waals surface area contributed by atoms with Crippen LogP contribution in [0, 0.1) is 20.8 Å². The number of guanidine groups is 1. The van der Waals surface area contributed by atoms with E-state index in [0.717, 1.165) is 27.8 Å². The summed E-state index contributed by atoms with van der Waals surface area (Å²) < 4.78 is 21.6. The van der Waals surface area contributed by atoms with Crippen molar-refractivity contribution in [2.75, 3.05) is 13.1 Å². The van der Waals surface area contributed by atoms with Crippen LogP contribution in [0.5, 0.6) is 0 Å². The predicted molar refractivity (Wildman–Crippen MR) is 323 cm³/mol. The molecule has 4 atom stereocenters. The SMILES string of the molecule is Cc1cc(C)c(C[C@H](NC(=O)OCc2ccccc2)C(=O)N[C@H](CCCN/C(=N\C(=O)OCc2ccccc2)NC(=O)OCc2ccccc2)C(=O)N[C@@H](Cc2ccccc2)C(=O)N[C@@H](CCCCNC(=O)OCc2ccccc2)C(N)=O)c(C)c1. The second-order valence-electron chi connectivity index (χ2n) is 20.4. The third-order valence-electron chi connectivity index (χ3n) is 13.5. The van der Waals surface area contributed by atoms with Crippen LogP contribution in [0.25, 0.3) is 0 Å². The Morgan fingerprint density at radius 3 is 1.35 bits per heavy atom. The van der Waals surface area contributed by atoms with Crippen LogP contribution in [0.2, 0.25) is 0 Å². The highest BCUT2D eigenvalue weighted by molar-refractivity contribution is 5.99. The normalized spacial score (nSPS) is 12.3. The first kappa shape index (κ1) is 65.1. The molecule has 0 saturated carbocycles. The maximum absolute atomic E-state index is 14.9. The highest BCUT2D eigenvalue weighted by Crippen LogP contribution is 2.19. The standard InChI is InChI=1S/C65H75N9O12/c1-44-36-45(2)52(46(3)37-44)39-56(72-63(80)84-41-49-26-13-6-14-27-49)60(78)70-54(33-21-35-67-61(73-64(81)85-42-50-28-15-7-16-29-50)74-65(82)86-43-51-30-17-8-18-31-51)58(76)71-55(38-47-22-9-4-10-23-47)59(77)69-53(57(66)75)32-19-20-34-68-62(79)83-40-48-24-11-5-12-25-48/h4-18,22-31,36-37,53-56H,19-21,32-35,38-43H2,1-3H3,(H2,66,75)(H,68,79)(H,69,77)(H,70,78)(H,71,76)(H,72,80)(H2,67,73,74,81,82)/t53-,54+,55-,56-/m0/s1. The fourth-order valence-electron chi connectivity index (χ4n) is 9.04. The third-order valence-corrected chi connectivity index (χ3v) is 13.5. The van der Waals surface area contributed by atoms with Crippen molar-refractivity contribution >= 4 is 54.0 Å². The Balaban J connectivity index is 1.21. The Labute approximate surface area is 500 Å². The van der Waals surface area contributed by atoms with Gasteiger partial charge < -0.3 is 56.6 Å². The molecular weight excluding hydrogens is 1100 g/mol. The van der Waals surface area contributed by atoms with Crippen molar-refractivity contribution in [3.05, 3.63) is 214 Å². The van der Waals surface area contributed by atoms with Crippen LogP contribution in [0.3, 0.4) is 0 Å². The fraction of sp³-hybridized carbons (Fsp3) is 0.308. The van der Waals surface area contributed by atoms with E-state index in [1.807, 2.05) is 81.4 Å². The molecule has 21 heteroatoms. The summed E-state index contributed by atoms with van der Waals surface area (Å²) in [6, 6.07) is 43.4. The van der Waals surface area contributed by atoms with Crippen molar-refractivity contribution in [2.24, 2.45) is 10.7 Å². The molecule has 452 valence electrons. The summed E-state index contributed by atoms with van der Waals surface area (Å²) in [5.41, 5.74) is 12.9. The molecule has 0 radical (unpaired) electrons. The lowest BCUT2D eigenvalue weighted by Gasteiger charge is -2.27. The summed E-state index contributed by atoms with van der Waals surface area (Å²) in [5.74, 6) is -3.50. The molecule has 8 amide bonds. The molecule has 0 aromatic heterocycles. The van der Waals surface area contributed by atoms with E-state index < -0.39 is 72.2 Å². The van der Waals surface area contributed by atoms with E-state index in [9.17, 15) is 38.4 Å². The molecule has 0 aliphatic carbocycles. The number of nitrogens with zero attached hydrogens (tertiary/aromatic N) is 1. The van der Waals surface area contributed by atoms with Crippen molar-refractivity contribution in [3.63, 3.8) is 0 Å². The zero-order chi connectivity index (χ0) is 61.5. The Kier molecular flexibility index (Phi) is 26.6. The van der Waals surface area contributed by atoms with Crippen molar-refractivity contribution in [3.8, 4) is 0 Å². The van der Waals surface area contributed by atoms with Gasteiger partial charge in [0.1, 0.15) is 50.6 Å². The second kappa shape index (κ2) is 35.2. The monoisotopic (exact) mass is 1170 g/mol. The van der Waals surface area contributed by atoms with E-state index in [1.165, 1.54) is 0 Å². The maximum atomic E-state index is 14.9.